The normalized spacial score (nSPS) is 19.0. The van der Waals surface area contributed by atoms with Crippen molar-refractivity contribution in [3.05, 3.63) is 59.9 Å². The molecule has 5 nitrogen and oxygen atoms in total. The second-order valence-electron chi connectivity index (χ2n) is 8.40. The van der Waals surface area contributed by atoms with Gasteiger partial charge in [0, 0.05) is 20.1 Å². The van der Waals surface area contributed by atoms with Gasteiger partial charge in [0.05, 0.1) is 12.0 Å². The third-order valence-corrected chi connectivity index (χ3v) is 5.72. The maximum absolute atomic E-state index is 13.7. The largest absolute Gasteiger partial charge is 0.359 e. The van der Waals surface area contributed by atoms with Crippen LogP contribution in [0.1, 0.15) is 18.4 Å². The first kappa shape index (κ1) is 22.0. The van der Waals surface area contributed by atoms with Gasteiger partial charge in [-0.05, 0) is 62.2 Å². The van der Waals surface area contributed by atoms with Gasteiger partial charge in [0.1, 0.15) is 5.82 Å². The minimum Gasteiger partial charge on any atom is -0.359 e. The Kier molecular flexibility index (Phi) is 6.87. The SMILES string of the molecule is CNC(=O)C1(Cc2cccc(-c3cccc(F)c3)c2)CCCN(C(=O)CN(C)C)C1. The topological polar surface area (TPSA) is 52.7 Å². The zero-order valence-electron chi connectivity index (χ0n) is 18.0. The quantitative estimate of drug-likeness (QED) is 0.795. The van der Waals surface area contributed by atoms with Crippen LogP contribution in [0.2, 0.25) is 0 Å². The van der Waals surface area contributed by atoms with Crippen molar-refractivity contribution in [3.63, 3.8) is 0 Å². The van der Waals surface area contributed by atoms with E-state index in [-0.39, 0.29) is 17.6 Å². The predicted octanol–water partition coefficient (Wildman–Crippen LogP) is 2.95. The monoisotopic (exact) mass is 411 g/mol. The molecule has 1 aliphatic heterocycles. The Bertz CT molecular complexity index is 915. The molecule has 3 rings (SSSR count). The zero-order chi connectivity index (χ0) is 21.7. The molecule has 0 aliphatic carbocycles. The van der Waals surface area contributed by atoms with Crippen LogP contribution in [0, 0.1) is 11.2 Å². The number of carbonyl (C=O) groups excluding carboxylic acids is 2. The fraction of sp³-hybridized carbons (Fsp3) is 0.417. The number of likely N-dealkylation sites (N-methyl/N-ethyl adjacent to an activating group) is 1. The van der Waals surface area contributed by atoms with Gasteiger partial charge >= 0.3 is 0 Å². The Labute approximate surface area is 177 Å². The van der Waals surface area contributed by atoms with E-state index in [1.54, 1.807) is 13.1 Å². The maximum atomic E-state index is 13.7. The van der Waals surface area contributed by atoms with Gasteiger partial charge in [-0.15, -0.1) is 0 Å². The van der Waals surface area contributed by atoms with E-state index in [4.69, 9.17) is 0 Å². The molecule has 1 unspecified atom stereocenters. The lowest BCUT2D eigenvalue weighted by Crippen LogP contribution is -2.55. The summed E-state index contributed by atoms with van der Waals surface area (Å²) in [6, 6.07) is 14.4. The Morgan fingerprint density at radius 3 is 2.50 bits per heavy atom. The molecule has 2 aromatic carbocycles. The molecule has 0 aromatic heterocycles. The first-order chi connectivity index (χ1) is 14.3. The van der Waals surface area contributed by atoms with Crippen LogP contribution >= 0.6 is 0 Å². The number of benzene rings is 2. The second-order valence-corrected chi connectivity index (χ2v) is 8.40. The minimum absolute atomic E-state index is 0.0407. The number of halogens is 1. The van der Waals surface area contributed by atoms with E-state index >= 15 is 0 Å². The highest BCUT2D eigenvalue weighted by atomic mass is 19.1. The summed E-state index contributed by atoms with van der Waals surface area (Å²) in [5.74, 6) is -0.274. The number of piperidine rings is 1. The highest BCUT2D eigenvalue weighted by Crippen LogP contribution is 2.35. The predicted molar refractivity (Wildman–Crippen MR) is 116 cm³/mol. The summed E-state index contributed by atoms with van der Waals surface area (Å²) in [4.78, 5) is 29.3. The van der Waals surface area contributed by atoms with Gasteiger partial charge in [-0.2, -0.15) is 0 Å². The van der Waals surface area contributed by atoms with Crippen LogP contribution < -0.4 is 5.32 Å². The van der Waals surface area contributed by atoms with Crippen LogP contribution in [-0.4, -0.2) is 62.4 Å². The van der Waals surface area contributed by atoms with E-state index in [0.717, 1.165) is 29.5 Å². The lowest BCUT2D eigenvalue weighted by molar-refractivity contribution is -0.141. The molecule has 0 saturated carbocycles. The number of likely N-dealkylation sites (tertiary alicyclic amines) is 1. The number of nitrogens with one attached hydrogen (secondary N) is 1. The minimum atomic E-state index is -0.671. The second kappa shape index (κ2) is 9.39. The number of nitrogens with zero attached hydrogens (tertiary/aromatic N) is 2. The number of amides is 2. The van der Waals surface area contributed by atoms with E-state index in [1.165, 1.54) is 12.1 Å². The number of hydrogen-bond acceptors (Lipinski definition) is 3. The van der Waals surface area contributed by atoms with Crippen molar-refractivity contribution in [2.45, 2.75) is 19.3 Å². The first-order valence-electron chi connectivity index (χ1n) is 10.3. The molecule has 0 bridgehead atoms. The smallest absolute Gasteiger partial charge is 0.236 e. The molecule has 0 radical (unpaired) electrons. The van der Waals surface area contributed by atoms with E-state index in [1.807, 2.05) is 54.2 Å². The molecule has 6 heteroatoms. The third kappa shape index (κ3) is 5.05. The Balaban J connectivity index is 1.87. The third-order valence-electron chi connectivity index (χ3n) is 5.72. The van der Waals surface area contributed by atoms with Gasteiger partial charge in [0.2, 0.25) is 11.8 Å². The van der Waals surface area contributed by atoms with Crippen LogP contribution in [0.15, 0.2) is 48.5 Å². The summed E-state index contributed by atoms with van der Waals surface area (Å²) < 4.78 is 13.7. The van der Waals surface area contributed by atoms with Crippen molar-refractivity contribution < 1.29 is 14.0 Å². The van der Waals surface area contributed by atoms with Gasteiger partial charge in [0.25, 0.3) is 0 Å². The fourth-order valence-corrected chi connectivity index (χ4v) is 4.31. The molecule has 30 heavy (non-hydrogen) atoms. The summed E-state index contributed by atoms with van der Waals surface area (Å²) in [6.07, 6.45) is 2.04. The lowest BCUT2D eigenvalue weighted by Gasteiger charge is -2.42. The van der Waals surface area contributed by atoms with Gasteiger partial charge in [-0.1, -0.05) is 36.4 Å². The molecule has 160 valence electrons. The molecule has 0 spiro atoms. The Hall–Kier alpha value is -2.73. The van der Waals surface area contributed by atoms with Gasteiger partial charge in [0.15, 0.2) is 0 Å². The van der Waals surface area contributed by atoms with Gasteiger partial charge in [-0.25, -0.2) is 4.39 Å². The summed E-state index contributed by atoms with van der Waals surface area (Å²) in [5, 5.41) is 2.81. The first-order valence-corrected chi connectivity index (χ1v) is 10.3. The highest BCUT2D eigenvalue weighted by Gasteiger charge is 2.43. The summed E-state index contributed by atoms with van der Waals surface area (Å²) >= 11 is 0. The van der Waals surface area contributed by atoms with E-state index in [0.29, 0.717) is 26.1 Å². The van der Waals surface area contributed by atoms with Crippen molar-refractivity contribution in [3.8, 4) is 11.1 Å². The van der Waals surface area contributed by atoms with Crippen LogP contribution in [0.25, 0.3) is 11.1 Å². The van der Waals surface area contributed by atoms with Crippen molar-refractivity contribution in [2.24, 2.45) is 5.41 Å². The highest BCUT2D eigenvalue weighted by molar-refractivity contribution is 5.85. The van der Waals surface area contributed by atoms with Crippen LogP contribution in [-0.2, 0) is 16.0 Å². The van der Waals surface area contributed by atoms with Crippen molar-refractivity contribution >= 4 is 11.8 Å². The fourth-order valence-electron chi connectivity index (χ4n) is 4.31. The van der Waals surface area contributed by atoms with Gasteiger partial charge < -0.3 is 15.1 Å². The van der Waals surface area contributed by atoms with Crippen LogP contribution in [0.5, 0.6) is 0 Å². The molecule has 1 fully saturated rings. The van der Waals surface area contributed by atoms with Crippen LogP contribution in [0.4, 0.5) is 4.39 Å². The molecular formula is C24H30FN3O2. The zero-order valence-corrected chi connectivity index (χ0v) is 18.0. The number of rotatable bonds is 6. The molecule has 1 atom stereocenters. The maximum Gasteiger partial charge on any atom is 0.236 e. The molecular weight excluding hydrogens is 381 g/mol. The summed E-state index contributed by atoms with van der Waals surface area (Å²) in [6.45, 7) is 1.41. The van der Waals surface area contributed by atoms with E-state index in [2.05, 4.69) is 5.32 Å². The molecule has 2 aromatic rings. The number of hydrogen-bond donors (Lipinski definition) is 1. The average molecular weight is 412 g/mol. The molecule has 1 N–H and O–H groups in total. The van der Waals surface area contributed by atoms with Gasteiger partial charge in [-0.3, -0.25) is 9.59 Å². The Morgan fingerprint density at radius 2 is 1.83 bits per heavy atom. The van der Waals surface area contributed by atoms with Crippen LogP contribution in [0.3, 0.4) is 0 Å². The number of carbonyl (C=O) groups is 2. The van der Waals surface area contributed by atoms with E-state index in [9.17, 15) is 14.0 Å². The van der Waals surface area contributed by atoms with Crippen molar-refractivity contribution in [1.29, 1.82) is 0 Å². The molecule has 1 heterocycles. The van der Waals surface area contributed by atoms with Crippen molar-refractivity contribution in [2.75, 3.05) is 40.8 Å². The lowest BCUT2D eigenvalue weighted by atomic mass is 9.74. The molecule has 1 aliphatic rings. The molecule has 1 saturated heterocycles. The summed E-state index contributed by atoms with van der Waals surface area (Å²) in [5.41, 5.74) is 2.05. The Morgan fingerprint density at radius 1 is 1.13 bits per heavy atom. The van der Waals surface area contributed by atoms with Crippen molar-refractivity contribution in [1.82, 2.24) is 15.1 Å². The standard InChI is InChI=1S/C24H30FN3O2/c1-26-23(30)24(11-6-12-28(17-24)22(29)16-27(2)3)15-18-7-4-8-19(13-18)20-9-5-10-21(25)14-20/h4-5,7-10,13-14H,6,11-12,15-17H2,1-3H3,(H,26,30). The molecule has 2 amide bonds. The average Bonchev–Trinajstić information content (AvgIpc) is 2.73. The summed E-state index contributed by atoms with van der Waals surface area (Å²) in [7, 11) is 5.38. The van der Waals surface area contributed by atoms with E-state index < -0.39 is 5.41 Å².